The molecule has 3 rings (SSSR count). The van der Waals surface area contributed by atoms with Crippen LogP contribution in [-0.2, 0) is 0 Å². The zero-order valence-corrected chi connectivity index (χ0v) is 10.7. The van der Waals surface area contributed by atoms with Crippen molar-refractivity contribution in [2.24, 2.45) is 0 Å². The summed E-state index contributed by atoms with van der Waals surface area (Å²) in [5.41, 5.74) is 1.17. The highest BCUT2D eigenvalue weighted by atomic mass is 79.9. The first-order chi connectivity index (χ1) is 8.74. The zero-order valence-electron chi connectivity index (χ0n) is 9.14. The molecule has 0 saturated heterocycles. The van der Waals surface area contributed by atoms with E-state index in [9.17, 15) is 4.39 Å². The van der Waals surface area contributed by atoms with E-state index in [0.29, 0.717) is 16.0 Å². The van der Waals surface area contributed by atoms with Gasteiger partial charge in [-0.15, -0.1) is 0 Å². The molecule has 0 aliphatic carbocycles. The average Bonchev–Trinajstić information content (AvgIpc) is 2.82. The molecule has 90 valence electrons. The molecule has 0 bridgehead atoms. The quantitative estimate of drug-likeness (QED) is 0.789. The molecule has 6 heteroatoms. The van der Waals surface area contributed by atoms with Crippen molar-refractivity contribution >= 4 is 33.0 Å². The Balaban J connectivity index is 2.03. The van der Waals surface area contributed by atoms with Crippen LogP contribution in [0.4, 0.5) is 15.9 Å². The number of rotatable bonds is 2. The number of anilines is 2. The smallest absolute Gasteiger partial charge is 0.158 e. The summed E-state index contributed by atoms with van der Waals surface area (Å²) in [5.74, 6) is 0.226. The Morgan fingerprint density at radius 2 is 2.17 bits per heavy atom. The molecule has 0 saturated carbocycles. The third kappa shape index (κ3) is 1.95. The number of nitrogens with one attached hydrogen (secondary N) is 1. The maximum absolute atomic E-state index is 13.7. The van der Waals surface area contributed by atoms with Crippen LogP contribution in [0.2, 0.25) is 0 Å². The van der Waals surface area contributed by atoms with E-state index < -0.39 is 0 Å². The molecule has 0 spiro atoms. The first-order valence-electron chi connectivity index (χ1n) is 5.24. The lowest BCUT2D eigenvalue weighted by molar-refractivity contribution is 0.631. The number of hydrogen-bond donors (Lipinski definition) is 1. The summed E-state index contributed by atoms with van der Waals surface area (Å²) in [6.07, 6.45) is 3.23. The van der Waals surface area contributed by atoms with E-state index >= 15 is 0 Å². The third-order valence-corrected chi connectivity index (χ3v) is 3.01. The molecule has 4 nitrogen and oxygen atoms in total. The van der Waals surface area contributed by atoms with Gasteiger partial charge in [0.2, 0.25) is 0 Å². The van der Waals surface area contributed by atoms with Gasteiger partial charge < -0.3 is 5.32 Å². The Morgan fingerprint density at radius 3 is 3.00 bits per heavy atom. The fourth-order valence-electron chi connectivity index (χ4n) is 1.68. The largest absolute Gasteiger partial charge is 0.336 e. The molecule has 0 atom stereocenters. The predicted octanol–water partition coefficient (Wildman–Crippen LogP) is 3.37. The summed E-state index contributed by atoms with van der Waals surface area (Å²) >= 11 is 3.22. The van der Waals surface area contributed by atoms with Crippen LogP contribution in [0.5, 0.6) is 0 Å². The number of aromatic nitrogens is 3. The Labute approximate surface area is 111 Å². The molecule has 0 aliphatic heterocycles. The maximum atomic E-state index is 13.7. The normalized spacial score (nSPS) is 10.8. The van der Waals surface area contributed by atoms with E-state index in [-0.39, 0.29) is 5.82 Å². The monoisotopic (exact) mass is 306 g/mol. The molecule has 3 aromatic rings. The van der Waals surface area contributed by atoms with Gasteiger partial charge in [-0.2, -0.15) is 5.10 Å². The summed E-state index contributed by atoms with van der Waals surface area (Å²) in [7, 11) is 0. The molecule has 0 amide bonds. The number of hydrogen-bond acceptors (Lipinski definition) is 3. The third-order valence-electron chi connectivity index (χ3n) is 2.52. The summed E-state index contributed by atoms with van der Waals surface area (Å²) < 4.78 is 16.1. The lowest BCUT2D eigenvalue weighted by Gasteiger charge is -2.08. The van der Waals surface area contributed by atoms with Gasteiger partial charge in [0.05, 0.1) is 5.69 Å². The number of nitrogens with zero attached hydrogens (tertiary/aromatic N) is 3. The molecular formula is C12H8BrFN4. The number of halogens is 2. The Kier molecular flexibility index (Phi) is 2.71. The molecule has 2 aromatic heterocycles. The van der Waals surface area contributed by atoms with Gasteiger partial charge in [-0.25, -0.2) is 13.9 Å². The van der Waals surface area contributed by atoms with E-state index in [0.717, 1.165) is 5.52 Å². The van der Waals surface area contributed by atoms with E-state index in [1.54, 1.807) is 22.8 Å². The van der Waals surface area contributed by atoms with Gasteiger partial charge in [0.25, 0.3) is 0 Å². The minimum absolute atomic E-state index is 0.340. The second-order valence-corrected chi connectivity index (χ2v) is 4.61. The van der Waals surface area contributed by atoms with Crippen molar-refractivity contribution in [3.05, 3.63) is 53.1 Å². The maximum Gasteiger partial charge on any atom is 0.158 e. The van der Waals surface area contributed by atoms with Gasteiger partial charge in [0.15, 0.2) is 5.82 Å². The molecule has 0 unspecified atom stereocenters. The van der Waals surface area contributed by atoms with Crippen LogP contribution < -0.4 is 5.32 Å². The average molecular weight is 307 g/mol. The fraction of sp³-hybridized carbons (Fsp3) is 0. The minimum atomic E-state index is -0.340. The predicted molar refractivity (Wildman–Crippen MR) is 70.4 cm³/mol. The van der Waals surface area contributed by atoms with Crippen LogP contribution in [-0.4, -0.2) is 14.6 Å². The molecule has 0 aliphatic rings. The van der Waals surface area contributed by atoms with Gasteiger partial charge in [-0.05, 0) is 30.3 Å². The van der Waals surface area contributed by atoms with Crippen LogP contribution in [0.25, 0.3) is 5.52 Å². The van der Waals surface area contributed by atoms with Crippen LogP contribution >= 0.6 is 15.9 Å². The second kappa shape index (κ2) is 4.38. The van der Waals surface area contributed by atoms with Gasteiger partial charge in [0.1, 0.15) is 17.7 Å². The molecule has 2 heterocycles. The minimum Gasteiger partial charge on any atom is -0.336 e. The zero-order chi connectivity index (χ0) is 12.5. The topological polar surface area (TPSA) is 42.2 Å². The van der Waals surface area contributed by atoms with Crippen LogP contribution in [0, 0.1) is 5.82 Å². The van der Waals surface area contributed by atoms with Gasteiger partial charge in [-0.3, -0.25) is 0 Å². The molecule has 0 radical (unpaired) electrons. The van der Waals surface area contributed by atoms with Crippen molar-refractivity contribution in [1.82, 2.24) is 14.6 Å². The van der Waals surface area contributed by atoms with Gasteiger partial charge in [0, 0.05) is 10.7 Å². The summed E-state index contributed by atoms with van der Waals surface area (Å²) in [6.45, 7) is 0. The highest BCUT2D eigenvalue weighted by Crippen LogP contribution is 2.24. The van der Waals surface area contributed by atoms with Crippen molar-refractivity contribution in [1.29, 1.82) is 0 Å². The van der Waals surface area contributed by atoms with Crippen molar-refractivity contribution in [3.8, 4) is 0 Å². The standard InChI is InChI=1S/C12H8BrFN4/c13-8-3-4-10(9(14)6-8)17-12-11-2-1-5-18(11)16-7-15-12/h1-7H,(H,15,16,17). The summed E-state index contributed by atoms with van der Waals surface area (Å²) in [6, 6.07) is 8.54. The van der Waals surface area contributed by atoms with E-state index in [1.165, 1.54) is 12.4 Å². The Bertz CT molecular complexity index is 710. The van der Waals surface area contributed by atoms with Gasteiger partial charge in [-0.1, -0.05) is 15.9 Å². The van der Waals surface area contributed by atoms with E-state index in [2.05, 4.69) is 31.3 Å². The molecule has 1 N–H and O–H groups in total. The Morgan fingerprint density at radius 1 is 1.28 bits per heavy atom. The summed E-state index contributed by atoms with van der Waals surface area (Å²) in [5, 5.41) is 7.01. The lowest BCUT2D eigenvalue weighted by atomic mass is 10.3. The van der Waals surface area contributed by atoms with Crippen molar-refractivity contribution in [2.45, 2.75) is 0 Å². The highest BCUT2D eigenvalue weighted by Gasteiger charge is 2.07. The van der Waals surface area contributed by atoms with Crippen molar-refractivity contribution in [2.75, 3.05) is 5.32 Å². The van der Waals surface area contributed by atoms with Crippen LogP contribution in [0.3, 0.4) is 0 Å². The number of benzene rings is 1. The molecule has 0 fully saturated rings. The number of fused-ring (bicyclic) bond motifs is 1. The first kappa shape index (κ1) is 11.2. The van der Waals surface area contributed by atoms with Gasteiger partial charge >= 0.3 is 0 Å². The van der Waals surface area contributed by atoms with Crippen molar-refractivity contribution < 1.29 is 4.39 Å². The first-order valence-corrected chi connectivity index (χ1v) is 6.04. The SMILES string of the molecule is Fc1cc(Br)ccc1Nc1ncnn2cccc12. The molecule has 1 aromatic carbocycles. The second-order valence-electron chi connectivity index (χ2n) is 3.70. The highest BCUT2D eigenvalue weighted by molar-refractivity contribution is 9.10. The lowest BCUT2D eigenvalue weighted by Crippen LogP contribution is -2.00. The van der Waals surface area contributed by atoms with E-state index in [1.807, 2.05) is 12.1 Å². The summed E-state index contributed by atoms with van der Waals surface area (Å²) in [4.78, 5) is 4.12. The molecule has 18 heavy (non-hydrogen) atoms. The van der Waals surface area contributed by atoms with Crippen molar-refractivity contribution in [3.63, 3.8) is 0 Å². The van der Waals surface area contributed by atoms with E-state index in [4.69, 9.17) is 0 Å². The molecular weight excluding hydrogens is 299 g/mol. The van der Waals surface area contributed by atoms with Crippen LogP contribution in [0.15, 0.2) is 47.3 Å². The Hall–Kier alpha value is -1.95. The fourth-order valence-corrected chi connectivity index (χ4v) is 2.01. The van der Waals surface area contributed by atoms with Crippen LogP contribution in [0.1, 0.15) is 0 Å².